The lowest BCUT2D eigenvalue weighted by atomic mass is 10.1. The van der Waals surface area contributed by atoms with E-state index in [1.807, 2.05) is 42.6 Å². The van der Waals surface area contributed by atoms with Gasteiger partial charge < -0.3 is 4.42 Å². The molecule has 0 unspecified atom stereocenters. The van der Waals surface area contributed by atoms with Crippen LogP contribution in [0.25, 0.3) is 17.0 Å². The minimum absolute atomic E-state index is 0.367. The molecular weight excluding hydrogens is 272 g/mol. The van der Waals surface area contributed by atoms with E-state index in [0.717, 1.165) is 39.0 Å². The average molecular weight is 289 g/mol. The lowest BCUT2D eigenvalue weighted by molar-refractivity contribution is 0.573. The molecule has 0 aliphatic carbocycles. The lowest BCUT2D eigenvalue weighted by Crippen LogP contribution is -1.94. The van der Waals surface area contributed by atoms with Crippen molar-refractivity contribution in [3.05, 3.63) is 46.3 Å². The van der Waals surface area contributed by atoms with E-state index >= 15 is 0 Å². The van der Waals surface area contributed by atoms with Crippen molar-refractivity contribution in [3.8, 4) is 11.3 Å². The third-order valence-corrected chi connectivity index (χ3v) is 3.78. The van der Waals surface area contributed by atoms with Crippen molar-refractivity contribution in [2.75, 3.05) is 0 Å². The van der Waals surface area contributed by atoms with Crippen LogP contribution in [-0.4, -0.2) is 9.61 Å². The molecule has 20 heavy (non-hydrogen) atoms. The van der Waals surface area contributed by atoms with Gasteiger partial charge in [0.15, 0.2) is 0 Å². The largest absolute Gasteiger partial charge is 0.441 e. The molecule has 1 aromatic carbocycles. The fraction of sp³-hybridized carbons (Fsp3) is 0.312. The fourth-order valence-corrected chi connectivity index (χ4v) is 2.69. The summed E-state index contributed by atoms with van der Waals surface area (Å²) in [6.45, 7) is 8.20. The second-order valence-electron chi connectivity index (χ2n) is 5.46. The van der Waals surface area contributed by atoms with Crippen molar-refractivity contribution in [2.45, 2.75) is 33.6 Å². The van der Waals surface area contributed by atoms with Crippen LogP contribution in [0.3, 0.4) is 0 Å². The topological polar surface area (TPSA) is 30.4 Å². The van der Waals surface area contributed by atoms with E-state index in [0.29, 0.717) is 5.92 Å². The standard InChI is InChI=1S/C16H17ClN2O/c1-9(2)14-8-15-19(18-14)16(11(4)20-15)12-6-5-10(3)7-13(12)17/h5-9H,1-4H3. The van der Waals surface area contributed by atoms with Gasteiger partial charge in [-0.3, -0.25) is 0 Å². The molecule has 0 fully saturated rings. The Labute approximate surface area is 123 Å². The number of rotatable bonds is 2. The Morgan fingerprint density at radius 2 is 1.95 bits per heavy atom. The second kappa shape index (κ2) is 4.67. The first kappa shape index (κ1) is 13.3. The number of oxazole rings is 1. The number of benzene rings is 1. The van der Waals surface area contributed by atoms with Crippen molar-refractivity contribution in [3.63, 3.8) is 0 Å². The molecule has 0 aliphatic rings. The lowest BCUT2D eigenvalue weighted by Gasteiger charge is -2.05. The molecule has 3 nitrogen and oxygen atoms in total. The summed E-state index contributed by atoms with van der Waals surface area (Å²) in [5.41, 5.74) is 4.80. The first-order chi connectivity index (χ1) is 9.47. The Balaban J connectivity index is 2.26. The predicted molar refractivity (Wildman–Crippen MR) is 81.5 cm³/mol. The van der Waals surface area contributed by atoms with Crippen molar-refractivity contribution >= 4 is 17.3 Å². The average Bonchev–Trinajstić information content (AvgIpc) is 2.87. The first-order valence-electron chi connectivity index (χ1n) is 6.73. The molecule has 2 aromatic heterocycles. The highest BCUT2D eigenvalue weighted by Gasteiger charge is 2.18. The van der Waals surface area contributed by atoms with Crippen molar-refractivity contribution in [1.29, 1.82) is 0 Å². The molecular formula is C16H17ClN2O. The highest BCUT2D eigenvalue weighted by Crippen LogP contribution is 2.33. The monoisotopic (exact) mass is 288 g/mol. The van der Waals surface area contributed by atoms with Gasteiger partial charge in [-0.2, -0.15) is 9.61 Å². The molecule has 0 saturated heterocycles. The summed E-state index contributed by atoms with van der Waals surface area (Å²) in [5, 5.41) is 5.36. The second-order valence-corrected chi connectivity index (χ2v) is 5.87. The Morgan fingerprint density at radius 3 is 2.60 bits per heavy atom. The molecule has 104 valence electrons. The Morgan fingerprint density at radius 1 is 1.20 bits per heavy atom. The zero-order chi connectivity index (χ0) is 14.4. The number of fused-ring (bicyclic) bond motifs is 1. The minimum Gasteiger partial charge on any atom is -0.441 e. The van der Waals surface area contributed by atoms with Crippen LogP contribution in [-0.2, 0) is 0 Å². The van der Waals surface area contributed by atoms with E-state index < -0.39 is 0 Å². The molecule has 0 bridgehead atoms. The molecule has 0 radical (unpaired) electrons. The highest BCUT2D eigenvalue weighted by atomic mass is 35.5. The Hall–Kier alpha value is -1.74. The van der Waals surface area contributed by atoms with Gasteiger partial charge in [-0.05, 0) is 31.4 Å². The minimum atomic E-state index is 0.367. The van der Waals surface area contributed by atoms with Gasteiger partial charge >= 0.3 is 0 Å². The van der Waals surface area contributed by atoms with Gasteiger partial charge in [0.2, 0.25) is 5.71 Å². The maximum absolute atomic E-state index is 6.38. The number of aromatic nitrogens is 2. The molecule has 0 aliphatic heterocycles. The third kappa shape index (κ3) is 2.02. The van der Waals surface area contributed by atoms with Crippen LogP contribution in [0.4, 0.5) is 0 Å². The number of aryl methyl sites for hydroxylation is 2. The van der Waals surface area contributed by atoms with E-state index in [9.17, 15) is 0 Å². The predicted octanol–water partition coefficient (Wildman–Crippen LogP) is 4.99. The van der Waals surface area contributed by atoms with E-state index in [4.69, 9.17) is 16.0 Å². The summed E-state index contributed by atoms with van der Waals surface area (Å²) in [4.78, 5) is 0. The number of hydrogen-bond acceptors (Lipinski definition) is 2. The summed E-state index contributed by atoms with van der Waals surface area (Å²) in [7, 11) is 0. The SMILES string of the molecule is Cc1ccc(-c2c(C)oc3cc(C(C)C)nn23)c(Cl)c1. The summed E-state index contributed by atoms with van der Waals surface area (Å²) in [6, 6.07) is 8.02. The molecule has 3 rings (SSSR count). The maximum Gasteiger partial charge on any atom is 0.222 e. The zero-order valence-corrected chi connectivity index (χ0v) is 12.8. The maximum atomic E-state index is 6.38. The van der Waals surface area contributed by atoms with Crippen molar-refractivity contribution in [1.82, 2.24) is 9.61 Å². The molecule has 0 amide bonds. The van der Waals surface area contributed by atoms with E-state index in [-0.39, 0.29) is 0 Å². The van der Waals surface area contributed by atoms with Crippen molar-refractivity contribution < 1.29 is 4.42 Å². The van der Waals surface area contributed by atoms with Gasteiger partial charge in [-0.25, -0.2) is 0 Å². The van der Waals surface area contributed by atoms with Gasteiger partial charge in [-0.15, -0.1) is 0 Å². The summed E-state index contributed by atoms with van der Waals surface area (Å²) in [6.07, 6.45) is 0. The van der Waals surface area contributed by atoms with Crippen LogP contribution in [0.1, 0.15) is 36.8 Å². The molecule has 4 heteroatoms. The van der Waals surface area contributed by atoms with Crippen LogP contribution in [0.5, 0.6) is 0 Å². The van der Waals surface area contributed by atoms with Crippen LogP contribution >= 0.6 is 11.6 Å². The van der Waals surface area contributed by atoms with Crippen LogP contribution < -0.4 is 0 Å². The Bertz CT molecular complexity index is 783. The highest BCUT2D eigenvalue weighted by molar-refractivity contribution is 6.33. The molecule has 0 atom stereocenters. The quantitative estimate of drug-likeness (QED) is 0.665. The van der Waals surface area contributed by atoms with Gasteiger partial charge in [-0.1, -0.05) is 37.6 Å². The first-order valence-corrected chi connectivity index (χ1v) is 7.10. The number of nitrogens with zero attached hydrogens (tertiary/aromatic N) is 2. The number of halogens is 1. The van der Waals surface area contributed by atoms with Crippen molar-refractivity contribution in [2.24, 2.45) is 0 Å². The van der Waals surface area contributed by atoms with Gasteiger partial charge in [0.05, 0.1) is 10.7 Å². The van der Waals surface area contributed by atoms with Gasteiger partial charge in [0.25, 0.3) is 0 Å². The fourth-order valence-electron chi connectivity index (χ4n) is 2.37. The van der Waals surface area contributed by atoms with Gasteiger partial charge in [0.1, 0.15) is 11.5 Å². The Kier molecular flexibility index (Phi) is 3.09. The van der Waals surface area contributed by atoms with Crippen LogP contribution in [0.15, 0.2) is 28.7 Å². The smallest absolute Gasteiger partial charge is 0.222 e. The zero-order valence-electron chi connectivity index (χ0n) is 12.1. The molecule has 2 heterocycles. The summed E-state index contributed by atoms with van der Waals surface area (Å²) in [5.74, 6) is 1.19. The van der Waals surface area contributed by atoms with Crippen LogP contribution in [0.2, 0.25) is 5.02 Å². The van der Waals surface area contributed by atoms with E-state index in [2.05, 4.69) is 18.9 Å². The van der Waals surface area contributed by atoms with Crippen LogP contribution in [0, 0.1) is 13.8 Å². The summed E-state index contributed by atoms with van der Waals surface area (Å²) >= 11 is 6.38. The van der Waals surface area contributed by atoms with E-state index in [1.165, 1.54) is 0 Å². The molecule has 0 saturated carbocycles. The molecule has 3 aromatic rings. The molecule has 0 N–H and O–H groups in total. The third-order valence-electron chi connectivity index (χ3n) is 3.47. The normalized spacial score (nSPS) is 11.7. The summed E-state index contributed by atoms with van der Waals surface area (Å²) < 4.78 is 7.66. The van der Waals surface area contributed by atoms with E-state index in [1.54, 1.807) is 0 Å². The molecule has 0 spiro atoms. The number of hydrogen-bond donors (Lipinski definition) is 0. The van der Waals surface area contributed by atoms with Gasteiger partial charge in [0, 0.05) is 11.6 Å².